The highest BCUT2D eigenvalue weighted by Crippen LogP contribution is 2.31. The normalized spacial score (nSPS) is 13.5. The Morgan fingerprint density at radius 1 is 1.04 bits per heavy atom. The van der Waals surface area contributed by atoms with Crippen molar-refractivity contribution in [2.45, 2.75) is 31.8 Å². The largest absolute Gasteiger partial charge is 0.419 e. The van der Waals surface area contributed by atoms with E-state index in [2.05, 4.69) is 10.2 Å². The number of carbonyl (C=O) groups is 1. The first-order valence-electron chi connectivity index (χ1n) is 8.82. The lowest BCUT2D eigenvalue weighted by atomic mass is 10.1. The average Bonchev–Trinajstić information content (AvgIpc) is 3.41. The molecule has 0 bridgehead atoms. The smallest absolute Gasteiger partial charge is 0.247 e. The first-order chi connectivity index (χ1) is 13.5. The van der Waals surface area contributed by atoms with Crippen LogP contribution in [-0.4, -0.2) is 27.0 Å². The van der Waals surface area contributed by atoms with Gasteiger partial charge in [0.2, 0.25) is 17.7 Å². The maximum Gasteiger partial charge on any atom is 0.247 e. The molecule has 0 unspecified atom stereocenters. The van der Waals surface area contributed by atoms with Crippen LogP contribution >= 0.6 is 34.8 Å². The molecule has 0 N–H and O–H groups in total. The number of halogens is 3. The molecule has 8 heteroatoms. The van der Waals surface area contributed by atoms with Gasteiger partial charge in [-0.3, -0.25) is 4.79 Å². The van der Waals surface area contributed by atoms with Crippen LogP contribution in [0.4, 0.5) is 0 Å². The summed E-state index contributed by atoms with van der Waals surface area (Å²) in [5.74, 6) is 0.711. The average molecular weight is 437 g/mol. The Kier molecular flexibility index (Phi) is 5.58. The minimum Gasteiger partial charge on any atom is -0.419 e. The highest BCUT2D eigenvalue weighted by Gasteiger charge is 2.34. The number of carbonyl (C=O) groups excluding carboxylic acids is 1. The molecule has 1 aliphatic carbocycles. The SMILES string of the molecule is O=C(Cc1c(Cl)cccc1Cl)N(Cc1nnc(-c2ccc(Cl)cc2)o1)C1CC1. The van der Waals surface area contributed by atoms with Gasteiger partial charge in [-0.15, -0.1) is 10.2 Å². The molecule has 0 saturated heterocycles. The van der Waals surface area contributed by atoms with Crippen molar-refractivity contribution in [3.8, 4) is 11.5 Å². The van der Waals surface area contributed by atoms with Crippen LogP contribution < -0.4 is 0 Å². The second-order valence-electron chi connectivity index (χ2n) is 6.64. The summed E-state index contributed by atoms with van der Waals surface area (Å²) in [4.78, 5) is 14.7. The van der Waals surface area contributed by atoms with E-state index >= 15 is 0 Å². The summed E-state index contributed by atoms with van der Waals surface area (Å²) in [7, 11) is 0. The zero-order valence-electron chi connectivity index (χ0n) is 14.7. The van der Waals surface area contributed by atoms with Gasteiger partial charge in [0.25, 0.3) is 0 Å². The third kappa shape index (κ3) is 4.32. The Balaban J connectivity index is 1.50. The van der Waals surface area contributed by atoms with Gasteiger partial charge < -0.3 is 9.32 Å². The molecular formula is C20H16Cl3N3O2. The minimum atomic E-state index is -0.0660. The van der Waals surface area contributed by atoms with Crippen LogP contribution in [0.25, 0.3) is 11.5 Å². The van der Waals surface area contributed by atoms with E-state index in [4.69, 9.17) is 39.2 Å². The molecule has 1 aliphatic rings. The third-order valence-corrected chi connectivity index (χ3v) is 5.52. The van der Waals surface area contributed by atoms with Crippen molar-refractivity contribution >= 4 is 40.7 Å². The van der Waals surface area contributed by atoms with Crippen molar-refractivity contribution in [1.29, 1.82) is 0 Å². The first-order valence-corrected chi connectivity index (χ1v) is 9.95. The molecule has 0 spiro atoms. The highest BCUT2D eigenvalue weighted by molar-refractivity contribution is 6.36. The lowest BCUT2D eigenvalue weighted by Crippen LogP contribution is -2.34. The number of hydrogen-bond donors (Lipinski definition) is 0. The third-order valence-electron chi connectivity index (χ3n) is 4.56. The van der Waals surface area contributed by atoms with Gasteiger partial charge in [-0.05, 0) is 54.8 Å². The summed E-state index contributed by atoms with van der Waals surface area (Å²) in [6.45, 7) is 0.256. The van der Waals surface area contributed by atoms with Crippen LogP contribution in [0.15, 0.2) is 46.9 Å². The van der Waals surface area contributed by atoms with Gasteiger partial charge in [0.15, 0.2) is 0 Å². The summed E-state index contributed by atoms with van der Waals surface area (Å²) in [6, 6.07) is 12.5. The van der Waals surface area contributed by atoms with Crippen molar-refractivity contribution in [2.24, 2.45) is 0 Å². The van der Waals surface area contributed by atoms with Gasteiger partial charge in [-0.2, -0.15) is 0 Å². The predicted octanol–water partition coefficient (Wildman–Crippen LogP) is 5.43. The Hall–Kier alpha value is -2.08. The van der Waals surface area contributed by atoms with E-state index in [0.717, 1.165) is 18.4 Å². The van der Waals surface area contributed by atoms with Crippen molar-refractivity contribution in [3.05, 3.63) is 69.0 Å². The van der Waals surface area contributed by atoms with E-state index in [1.54, 1.807) is 35.2 Å². The summed E-state index contributed by atoms with van der Waals surface area (Å²) >= 11 is 18.3. The quantitative estimate of drug-likeness (QED) is 0.517. The van der Waals surface area contributed by atoms with E-state index in [-0.39, 0.29) is 24.9 Å². The lowest BCUT2D eigenvalue weighted by Gasteiger charge is -2.21. The molecule has 1 aromatic heterocycles. The Labute approximate surface area is 177 Å². The molecule has 5 nitrogen and oxygen atoms in total. The van der Waals surface area contributed by atoms with Crippen molar-refractivity contribution in [2.75, 3.05) is 0 Å². The molecule has 1 heterocycles. The fourth-order valence-electron chi connectivity index (χ4n) is 2.93. The Bertz CT molecular complexity index is 980. The van der Waals surface area contributed by atoms with Crippen LogP contribution in [0, 0.1) is 0 Å². The molecular weight excluding hydrogens is 421 g/mol. The predicted molar refractivity (Wildman–Crippen MR) is 108 cm³/mol. The molecule has 2 aromatic carbocycles. The summed E-state index contributed by atoms with van der Waals surface area (Å²) in [5, 5.41) is 9.78. The molecule has 144 valence electrons. The van der Waals surface area contributed by atoms with Crippen LogP contribution in [0.1, 0.15) is 24.3 Å². The number of nitrogens with zero attached hydrogens (tertiary/aromatic N) is 3. The first kappa shape index (κ1) is 19.2. The van der Waals surface area contributed by atoms with Crippen LogP contribution in [0.3, 0.4) is 0 Å². The number of aromatic nitrogens is 2. The molecule has 0 aliphatic heterocycles. The van der Waals surface area contributed by atoms with Crippen molar-refractivity contribution in [1.82, 2.24) is 15.1 Å². The van der Waals surface area contributed by atoms with E-state index in [0.29, 0.717) is 32.4 Å². The van der Waals surface area contributed by atoms with Gasteiger partial charge >= 0.3 is 0 Å². The standard InChI is InChI=1S/C20H16Cl3N3O2/c21-13-6-4-12(5-7-13)20-25-24-18(28-20)11-26(14-8-9-14)19(27)10-15-16(22)2-1-3-17(15)23/h1-7,14H,8-11H2. The van der Waals surface area contributed by atoms with Crippen LogP contribution in [0.2, 0.25) is 15.1 Å². The van der Waals surface area contributed by atoms with Gasteiger partial charge in [0.1, 0.15) is 0 Å². The van der Waals surface area contributed by atoms with Crippen LogP contribution in [-0.2, 0) is 17.8 Å². The van der Waals surface area contributed by atoms with Gasteiger partial charge in [-0.25, -0.2) is 0 Å². The van der Waals surface area contributed by atoms with Gasteiger partial charge in [-0.1, -0.05) is 40.9 Å². The summed E-state index contributed by atoms with van der Waals surface area (Å²) < 4.78 is 5.75. The molecule has 1 fully saturated rings. The Morgan fingerprint density at radius 2 is 1.71 bits per heavy atom. The number of benzene rings is 2. The zero-order chi connectivity index (χ0) is 19.7. The van der Waals surface area contributed by atoms with Crippen LogP contribution in [0.5, 0.6) is 0 Å². The maximum absolute atomic E-state index is 12.9. The number of amides is 1. The molecule has 1 saturated carbocycles. The number of hydrogen-bond acceptors (Lipinski definition) is 4. The second-order valence-corrected chi connectivity index (χ2v) is 7.89. The van der Waals surface area contributed by atoms with Crippen molar-refractivity contribution < 1.29 is 9.21 Å². The fraction of sp³-hybridized carbons (Fsp3) is 0.250. The highest BCUT2D eigenvalue weighted by atomic mass is 35.5. The maximum atomic E-state index is 12.9. The Morgan fingerprint density at radius 3 is 2.36 bits per heavy atom. The minimum absolute atomic E-state index is 0.0660. The van der Waals surface area contributed by atoms with E-state index in [1.165, 1.54) is 0 Å². The zero-order valence-corrected chi connectivity index (χ0v) is 17.0. The molecule has 4 rings (SSSR count). The molecule has 3 aromatic rings. The molecule has 28 heavy (non-hydrogen) atoms. The van der Waals surface area contributed by atoms with Gasteiger partial charge in [0, 0.05) is 26.7 Å². The number of rotatable bonds is 6. The van der Waals surface area contributed by atoms with Gasteiger partial charge in [0.05, 0.1) is 13.0 Å². The summed E-state index contributed by atoms with van der Waals surface area (Å²) in [6.07, 6.45) is 2.05. The van der Waals surface area contributed by atoms with E-state index in [9.17, 15) is 4.79 Å². The summed E-state index contributed by atoms with van der Waals surface area (Å²) in [5.41, 5.74) is 1.41. The molecule has 0 radical (unpaired) electrons. The topological polar surface area (TPSA) is 59.2 Å². The fourth-order valence-corrected chi connectivity index (χ4v) is 3.59. The molecule has 1 amide bonds. The van der Waals surface area contributed by atoms with E-state index in [1.807, 2.05) is 12.1 Å². The second kappa shape index (κ2) is 8.11. The molecule has 0 atom stereocenters. The monoisotopic (exact) mass is 435 g/mol. The van der Waals surface area contributed by atoms with Crippen molar-refractivity contribution in [3.63, 3.8) is 0 Å². The lowest BCUT2D eigenvalue weighted by molar-refractivity contribution is -0.132. The van der Waals surface area contributed by atoms with E-state index < -0.39 is 0 Å².